The third-order valence-electron chi connectivity index (χ3n) is 3.51. The van der Waals surface area contributed by atoms with Gasteiger partial charge in [-0.25, -0.2) is 0 Å². The Balaban J connectivity index is 1.81. The van der Waals surface area contributed by atoms with Crippen molar-refractivity contribution in [3.05, 3.63) is 0 Å². The summed E-state index contributed by atoms with van der Waals surface area (Å²) in [6.45, 7) is 5.25. The SMILES string of the molecule is CC1CCNC1C(=O)NC(C)C1CC1. The second-order valence-electron chi connectivity index (χ2n) is 4.83. The quantitative estimate of drug-likeness (QED) is 0.704. The van der Waals surface area contributed by atoms with Crippen LogP contribution in [0.5, 0.6) is 0 Å². The number of nitrogens with one attached hydrogen (secondary N) is 2. The van der Waals surface area contributed by atoms with Gasteiger partial charge < -0.3 is 10.6 Å². The van der Waals surface area contributed by atoms with Gasteiger partial charge in [0, 0.05) is 6.04 Å². The Bertz CT molecular complexity index is 225. The van der Waals surface area contributed by atoms with Crippen molar-refractivity contribution in [2.24, 2.45) is 11.8 Å². The molecule has 1 heterocycles. The molecule has 3 atom stereocenters. The van der Waals surface area contributed by atoms with Gasteiger partial charge in [-0.1, -0.05) is 6.92 Å². The summed E-state index contributed by atoms with van der Waals surface area (Å²) < 4.78 is 0. The van der Waals surface area contributed by atoms with Crippen LogP contribution in [0.1, 0.15) is 33.1 Å². The lowest BCUT2D eigenvalue weighted by molar-refractivity contribution is -0.124. The molecule has 0 aromatic carbocycles. The minimum Gasteiger partial charge on any atom is -0.352 e. The van der Waals surface area contributed by atoms with Gasteiger partial charge >= 0.3 is 0 Å². The topological polar surface area (TPSA) is 41.1 Å². The van der Waals surface area contributed by atoms with E-state index in [1.807, 2.05) is 0 Å². The zero-order valence-electron chi connectivity index (χ0n) is 9.05. The zero-order valence-corrected chi connectivity index (χ0v) is 9.05. The summed E-state index contributed by atoms with van der Waals surface area (Å²) in [6, 6.07) is 0.424. The van der Waals surface area contributed by atoms with Gasteiger partial charge in [-0.2, -0.15) is 0 Å². The Labute approximate surface area is 85.6 Å². The normalized spacial score (nSPS) is 34.1. The van der Waals surface area contributed by atoms with Crippen LogP contribution in [0.15, 0.2) is 0 Å². The maximum absolute atomic E-state index is 11.8. The van der Waals surface area contributed by atoms with Crippen LogP contribution in [-0.4, -0.2) is 24.5 Å². The van der Waals surface area contributed by atoms with Crippen molar-refractivity contribution in [1.29, 1.82) is 0 Å². The van der Waals surface area contributed by atoms with Crippen LogP contribution in [0.25, 0.3) is 0 Å². The first-order chi connectivity index (χ1) is 6.68. The average molecular weight is 196 g/mol. The molecular formula is C11H20N2O. The lowest BCUT2D eigenvalue weighted by Crippen LogP contribution is -2.47. The van der Waals surface area contributed by atoms with Crippen molar-refractivity contribution < 1.29 is 4.79 Å². The molecule has 1 saturated heterocycles. The highest BCUT2D eigenvalue weighted by Gasteiger charge is 2.33. The maximum atomic E-state index is 11.8. The minimum absolute atomic E-state index is 0.0520. The Morgan fingerprint density at radius 1 is 1.43 bits per heavy atom. The Hall–Kier alpha value is -0.570. The molecule has 2 aliphatic rings. The van der Waals surface area contributed by atoms with Gasteiger partial charge in [0.2, 0.25) is 5.91 Å². The molecule has 0 aromatic heterocycles. The van der Waals surface area contributed by atoms with Crippen LogP contribution in [-0.2, 0) is 4.79 Å². The molecule has 1 aliphatic heterocycles. The highest BCUT2D eigenvalue weighted by molar-refractivity contribution is 5.82. The van der Waals surface area contributed by atoms with Crippen LogP contribution in [0.2, 0.25) is 0 Å². The summed E-state index contributed by atoms with van der Waals surface area (Å²) in [5, 5.41) is 6.37. The number of carbonyl (C=O) groups excluding carboxylic acids is 1. The molecule has 2 rings (SSSR count). The van der Waals surface area contributed by atoms with E-state index in [2.05, 4.69) is 24.5 Å². The predicted molar refractivity (Wildman–Crippen MR) is 55.9 cm³/mol. The lowest BCUT2D eigenvalue weighted by atomic mass is 10.0. The molecule has 2 N–H and O–H groups in total. The lowest BCUT2D eigenvalue weighted by Gasteiger charge is -2.19. The molecule has 0 spiro atoms. The fourth-order valence-corrected chi connectivity index (χ4v) is 2.21. The number of carbonyl (C=O) groups is 1. The zero-order chi connectivity index (χ0) is 10.1. The Morgan fingerprint density at radius 3 is 2.64 bits per heavy atom. The first-order valence-corrected chi connectivity index (χ1v) is 5.72. The van der Waals surface area contributed by atoms with Crippen LogP contribution < -0.4 is 10.6 Å². The van der Waals surface area contributed by atoms with E-state index in [1.54, 1.807) is 0 Å². The van der Waals surface area contributed by atoms with Crippen molar-refractivity contribution in [1.82, 2.24) is 10.6 Å². The fraction of sp³-hybridized carbons (Fsp3) is 0.909. The van der Waals surface area contributed by atoms with Gasteiger partial charge in [0.1, 0.15) is 0 Å². The molecule has 1 aliphatic carbocycles. The van der Waals surface area contributed by atoms with Crippen molar-refractivity contribution in [3.63, 3.8) is 0 Å². The third kappa shape index (κ3) is 2.08. The smallest absolute Gasteiger partial charge is 0.237 e. The average Bonchev–Trinajstić information content (AvgIpc) is 2.89. The molecule has 2 fully saturated rings. The molecule has 14 heavy (non-hydrogen) atoms. The van der Waals surface area contributed by atoms with E-state index < -0.39 is 0 Å². The highest BCUT2D eigenvalue weighted by atomic mass is 16.2. The van der Waals surface area contributed by atoms with Gasteiger partial charge in [0.25, 0.3) is 0 Å². The number of amides is 1. The van der Waals surface area contributed by atoms with Crippen molar-refractivity contribution in [2.75, 3.05) is 6.54 Å². The van der Waals surface area contributed by atoms with E-state index in [1.165, 1.54) is 12.8 Å². The molecule has 1 saturated carbocycles. The van der Waals surface area contributed by atoms with Crippen molar-refractivity contribution >= 4 is 5.91 Å². The van der Waals surface area contributed by atoms with Gasteiger partial charge in [-0.15, -0.1) is 0 Å². The van der Waals surface area contributed by atoms with Crippen LogP contribution in [0.3, 0.4) is 0 Å². The molecule has 0 bridgehead atoms. The van der Waals surface area contributed by atoms with E-state index in [-0.39, 0.29) is 11.9 Å². The summed E-state index contributed by atoms with van der Waals surface area (Å²) in [5.41, 5.74) is 0. The fourth-order valence-electron chi connectivity index (χ4n) is 2.21. The van der Waals surface area contributed by atoms with E-state index in [0.29, 0.717) is 12.0 Å². The maximum Gasteiger partial charge on any atom is 0.237 e. The molecular weight excluding hydrogens is 176 g/mol. The summed E-state index contributed by atoms with van der Waals surface area (Å²) >= 11 is 0. The minimum atomic E-state index is 0.0520. The predicted octanol–water partition coefficient (Wildman–Crippen LogP) is 0.899. The highest BCUT2D eigenvalue weighted by Crippen LogP contribution is 2.32. The van der Waals surface area contributed by atoms with E-state index in [9.17, 15) is 4.79 Å². The van der Waals surface area contributed by atoms with Gasteiger partial charge in [-0.05, 0) is 44.6 Å². The third-order valence-corrected chi connectivity index (χ3v) is 3.51. The number of rotatable bonds is 3. The largest absolute Gasteiger partial charge is 0.352 e. The van der Waals surface area contributed by atoms with Crippen LogP contribution in [0, 0.1) is 11.8 Å². The molecule has 80 valence electrons. The monoisotopic (exact) mass is 196 g/mol. The van der Waals surface area contributed by atoms with Gasteiger partial charge in [0.05, 0.1) is 6.04 Å². The summed E-state index contributed by atoms with van der Waals surface area (Å²) in [4.78, 5) is 11.8. The molecule has 1 amide bonds. The van der Waals surface area contributed by atoms with Crippen LogP contribution >= 0.6 is 0 Å². The molecule has 0 aromatic rings. The van der Waals surface area contributed by atoms with E-state index in [0.717, 1.165) is 18.9 Å². The standard InChI is InChI=1S/C11H20N2O/c1-7-5-6-12-10(7)11(14)13-8(2)9-3-4-9/h7-10,12H,3-6H2,1-2H3,(H,13,14). The molecule has 0 radical (unpaired) electrons. The molecule has 3 nitrogen and oxygen atoms in total. The van der Waals surface area contributed by atoms with Crippen molar-refractivity contribution in [2.45, 2.75) is 45.2 Å². The second kappa shape index (κ2) is 3.89. The number of hydrogen-bond acceptors (Lipinski definition) is 2. The Kier molecular flexibility index (Phi) is 2.77. The number of hydrogen-bond donors (Lipinski definition) is 2. The molecule has 3 heteroatoms. The molecule has 3 unspecified atom stereocenters. The summed E-state index contributed by atoms with van der Waals surface area (Å²) in [6.07, 6.45) is 3.69. The summed E-state index contributed by atoms with van der Waals surface area (Å²) in [5.74, 6) is 1.44. The van der Waals surface area contributed by atoms with Gasteiger partial charge in [0.15, 0.2) is 0 Å². The van der Waals surface area contributed by atoms with E-state index in [4.69, 9.17) is 0 Å². The van der Waals surface area contributed by atoms with Gasteiger partial charge in [-0.3, -0.25) is 4.79 Å². The summed E-state index contributed by atoms with van der Waals surface area (Å²) in [7, 11) is 0. The van der Waals surface area contributed by atoms with E-state index >= 15 is 0 Å². The first kappa shape index (κ1) is 9.97. The van der Waals surface area contributed by atoms with Crippen molar-refractivity contribution in [3.8, 4) is 0 Å². The Morgan fingerprint density at radius 2 is 2.14 bits per heavy atom. The first-order valence-electron chi connectivity index (χ1n) is 5.72. The van der Waals surface area contributed by atoms with Crippen LogP contribution in [0.4, 0.5) is 0 Å². The second-order valence-corrected chi connectivity index (χ2v) is 4.83.